The number of azide groups is 1. The predicted molar refractivity (Wildman–Crippen MR) is 75.4 cm³/mol. The van der Waals surface area contributed by atoms with E-state index in [9.17, 15) is 4.79 Å². The Hall–Kier alpha value is -1.46. The molecule has 1 aliphatic rings. The minimum atomic E-state index is -0.539. The molecule has 1 amide bonds. The number of likely N-dealkylation sites (tertiary alicyclic amines) is 1. The Bertz CT molecular complexity index is 374. The predicted octanol–water partition coefficient (Wildman–Crippen LogP) is 3.10. The van der Waals surface area contributed by atoms with Crippen molar-refractivity contribution in [2.45, 2.75) is 58.3 Å². The van der Waals surface area contributed by atoms with Crippen molar-refractivity contribution in [3.05, 3.63) is 10.4 Å². The van der Waals surface area contributed by atoms with Crippen LogP contribution < -0.4 is 0 Å². The van der Waals surface area contributed by atoms with Gasteiger partial charge in [-0.1, -0.05) is 12.0 Å². The Morgan fingerprint density at radius 2 is 2.20 bits per heavy atom. The molecule has 0 aliphatic carbocycles. The zero-order valence-corrected chi connectivity index (χ0v) is 12.7. The second-order valence-corrected chi connectivity index (χ2v) is 5.93. The van der Waals surface area contributed by atoms with Gasteiger partial charge in [0.15, 0.2) is 0 Å². The number of carbonyl (C=O) groups excluding carboxylic acids is 1. The van der Waals surface area contributed by atoms with Gasteiger partial charge in [-0.15, -0.1) is 0 Å². The van der Waals surface area contributed by atoms with Crippen molar-refractivity contribution in [1.82, 2.24) is 4.90 Å². The number of nitrogens with zero attached hydrogens (tertiary/aromatic N) is 4. The zero-order chi connectivity index (χ0) is 15.2. The van der Waals surface area contributed by atoms with E-state index in [4.69, 9.17) is 15.0 Å². The van der Waals surface area contributed by atoms with E-state index in [1.165, 1.54) is 0 Å². The van der Waals surface area contributed by atoms with Crippen molar-refractivity contribution in [3.8, 4) is 0 Å². The van der Waals surface area contributed by atoms with Crippen molar-refractivity contribution in [3.63, 3.8) is 0 Å². The van der Waals surface area contributed by atoms with Crippen molar-refractivity contribution in [1.29, 1.82) is 0 Å². The molecule has 1 saturated heterocycles. The summed E-state index contributed by atoms with van der Waals surface area (Å²) in [6, 6.07) is -0.150. The first kappa shape index (κ1) is 16.6. The Kier molecular flexibility index (Phi) is 6.10. The molecule has 1 rings (SSSR count). The van der Waals surface area contributed by atoms with Gasteiger partial charge < -0.3 is 14.4 Å². The minimum Gasteiger partial charge on any atom is -0.444 e. The van der Waals surface area contributed by atoms with Gasteiger partial charge in [0.2, 0.25) is 0 Å². The topological polar surface area (TPSA) is 87.5 Å². The van der Waals surface area contributed by atoms with E-state index in [2.05, 4.69) is 10.0 Å². The molecule has 114 valence electrons. The molecule has 1 heterocycles. The van der Waals surface area contributed by atoms with Crippen LogP contribution in [0.25, 0.3) is 10.4 Å². The minimum absolute atomic E-state index is 0.0126. The SMILES string of the molecule is CCCO[C@@H]1C[C@@H](CN=[N+]=[N-])N(C(=O)OC(C)(C)C)C1. The third kappa shape index (κ3) is 5.27. The van der Waals surface area contributed by atoms with E-state index in [1.54, 1.807) is 4.90 Å². The van der Waals surface area contributed by atoms with Gasteiger partial charge in [0.25, 0.3) is 0 Å². The van der Waals surface area contributed by atoms with E-state index >= 15 is 0 Å². The second kappa shape index (κ2) is 7.36. The highest BCUT2D eigenvalue weighted by atomic mass is 16.6. The number of ether oxygens (including phenoxy) is 2. The summed E-state index contributed by atoms with van der Waals surface area (Å²) in [7, 11) is 0. The van der Waals surface area contributed by atoms with Crippen LogP contribution >= 0.6 is 0 Å². The first-order valence-electron chi connectivity index (χ1n) is 6.99. The Morgan fingerprint density at radius 1 is 1.50 bits per heavy atom. The molecule has 0 bridgehead atoms. The van der Waals surface area contributed by atoms with Crippen LogP contribution in [0.15, 0.2) is 5.11 Å². The Labute approximate surface area is 119 Å². The summed E-state index contributed by atoms with van der Waals surface area (Å²) < 4.78 is 11.1. The van der Waals surface area contributed by atoms with Crippen LogP contribution in [0.3, 0.4) is 0 Å². The first-order valence-corrected chi connectivity index (χ1v) is 6.99. The highest BCUT2D eigenvalue weighted by molar-refractivity contribution is 5.69. The van der Waals surface area contributed by atoms with Gasteiger partial charge in [0, 0.05) is 24.1 Å². The fourth-order valence-electron chi connectivity index (χ4n) is 2.13. The molecule has 0 unspecified atom stereocenters. The largest absolute Gasteiger partial charge is 0.444 e. The summed E-state index contributed by atoms with van der Waals surface area (Å²) in [5.74, 6) is 0. The lowest BCUT2D eigenvalue weighted by Gasteiger charge is -2.27. The smallest absolute Gasteiger partial charge is 0.410 e. The van der Waals surface area contributed by atoms with E-state index in [0.29, 0.717) is 19.6 Å². The standard InChI is InChI=1S/C13H24N4O3/c1-5-6-19-11-7-10(8-15-16-14)17(9-11)12(18)20-13(2,3)4/h10-11H,5-9H2,1-4H3/t10-,11+/m0/s1. The molecule has 20 heavy (non-hydrogen) atoms. The molecule has 1 aliphatic heterocycles. The summed E-state index contributed by atoms with van der Waals surface area (Å²) in [6.45, 7) is 8.93. The summed E-state index contributed by atoms with van der Waals surface area (Å²) in [5.41, 5.74) is 7.90. The molecule has 7 nitrogen and oxygen atoms in total. The maximum atomic E-state index is 12.2. The van der Waals surface area contributed by atoms with Crippen LogP contribution in [0, 0.1) is 0 Å². The molecule has 0 saturated carbocycles. The maximum absolute atomic E-state index is 12.2. The number of carbonyl (C=O) groups is 1. The Balaban J connectivity index is 2.67. The van der Waals surface area contributed by atoms with E-state index in [0.717, 1.165) is 6.42 Å². The fraction of sp³-hybridized carbons (Fsp3) is 0.923. The maximum Gasteiger partial charge on any atom is 0.410 e. The van der Waals surface area contributed by atoms with Crippen LogP contribution in [0.4, 0.5) is 4.79 Å². The van der Waals surface area contributed by atoms with E-state index in [-0.39, 0.29) is 24.8 Å². The molecule has 1 fully saturated rings. The lowest BCUT2D eigenvalue weighted by molar-refractivity contribution is 0.0172. The lowest BCUT2D eigenvalue weighted by Crippen LogP contribution is -2.41. The van der Waals surface area contributed by atoms with Gasteiger partial charge >= 0.3 is 6.09 Å². The molecule has 2 atom stereocenters. The van der Waals surface area contributed by atoms with Gasteiger partial charge in [0.1, 0.15) is 5.60 Å². The summed E-state index contributed by atoms with van der Waals surface area (Å²) in [4.78, 5) is 16.5. The van der Waals surface area contributed by atoms with Crippen molar-refractivity contribution < 1.29 is 14.3 Å². The van der Waals surface area contributed by atoms with Gasteiger partial charge in [-0.3, -0.25) is 0 Å². The number of amides is 1. The second-order valence-electron chi connectivity index (χ2n) is 5.93. The molecule has 0 N–H and O–H groups in total. The van der Waals surface area contributed by atoms with E-state index < -0.39 is 5.60 Å². The molecular formula is C13H24N4O3. The van der Waals surface area contributed by atoms with Crippen molar-refractivity contribution in [2.24, 2.45) is 5.11 Å². The number of hydrogen-bond donors (Lipinski definition) is 0. The summed E-state index contributed by atoms with van der Waals surface area (Å²) >= 11 is 0. The highest BCUT2D eigenvalue weighted by Crippen LogP contribution is 2.23. The molecule has 0 radical (unpaired) electrons. The molecule has 0 aromatic rings. The molecule has 0 aromatic carbocycles. The average Bonchev–Trinajstić information content (AvgIpc) is 2.75. The third-order valence-corrected chi connectivity index (χ3v) is 2.92. The number of rotatable bonds is 5. The third-order valence-electron chi connectivity index (χ3n) is 2.92. The van der Waals surface area contributed by atoms with Crippen LogP contribution in [0.5, 0.6) is 0 Å². The van der Waals surface area contributed by atoms with Gasteiger partial charge in [-0.05, 0) is 39.1 Å². The Morgan fingerprint density at radius 3 is 2.75 bits per heavy atom. The highest BCUT2D eigenvalue weighted by Gasteiger charge is 2.37. The van der Waals surface area contributed by atoms with Gasteiger partial charge in [-0.2, -0.15) is 0 Å². The van der Waals surface area contributed by atoms with E-state index in [1.807, 2.05) is 27.7 Å². The molecule has 7 heteroatoms. The average molecular weight is 284 g/mol. The molecular weight excluding hydrogens is 260 g/mol. The normalized spacial score (nSPS) is 22.5. The fourth-order valence-corrected chi connectivity index (χ4v) is 2.13. The van der Waals surface area contributed by atoms with Crippen LogP contribution in [0.1, 0.15) is 40.5 Å². The van der Waals surface area contributed by atoms with Crippen LogP contribution in [-0.4, -0.2) is 48.4 Å². The summed E-state index contributed by atoms with van der Waals surface area (Å²) in [6.07, 6.45) is 1.22. The van der Waals surface area contributed by atoms with Crippen molar-refractivity contribution >= 4 is 6.09 Å². The monoisotopic (exact) mass is 284 g/mol. The molecule has 0 aromatic heterocycles. The van der Waals surface area contributed by atoms with Gasteiger partial charge in [-0.25, -0.2) is 4.79 Å². The summed E-state index contributed by atoms with van der Waals surface area (Å²) in [5, 5.41) is 3.57. The quantitative estimate of drug-likeness (QED) is 0.441. The van der Waals surface area contributed by atoms with Crippen molar-refractivity contribution in [2.75, 3.05) is 19.7 Å². The van der Waals surface area contributed by atoms with Crippen LogP contribution in [0.2, 0.25) is 0 Å². The number of hydrogen-bond acceptors (Lipinski definition) is 4. The zero-order valence-electron chi connectivity index (χ0n) is 12.7. The lowest BCUT2D eigenvalue weighted by atomic mass is 10.2. The van der Waals surface area contributed by atoms with Gasteiger partial charge in [0.05, 0.1) is 12.6 Å². The first-order chi connectivity index (χ1) is 9.37. The molecule has 0 spiro atoms. The van der Waals surface area contributed by atoms with Crippen LogP contribution in [-0.2, 0) is 9.47 Å².